The SMILES string of the molecule is Cc1cc(N2CCCC2)ccc1NC(=O)c1cccc(N(C)C)c1. The van der Waals surface area contributed by atoms with Gasteiger partial charge in [-0.1, -0.05) is 6.07 Å². The molecular weight excluding hydrogens is 298 g/mol. The molecule has 2 aromatic rings. The summed E-state index contributed by atoms with van der Waals surface area (Å²) >= 11 is 0. The highest BCUT2D eigenvalue weighted by Crippen LogP contribution is 2.26. The van der Waals surface area contributed by atoms with Crippen molar-refractivity contribution >= 4 is 23.0 Å². The molecule has 2 aromatic carbocycles. The zero-order valence-corrected chi connectivity index (χ0v) is 14.7. The number of nitrogens with one attached hydrogen (secondary N) is 1. The summed E-state index contributed by atoms with van der Waals surface area (Å²) in [5.74, 6) is -0.0734. The van der Waals surface area contributed by atoms with Crippen LogP contribution < -0.4 is 15.1 Å². The van der Waals surface area contributed by atoms with Gasteiger partial charge in [0, 0.05) is 49.8 Å². The second-order valence-electron chi connectivity index (χ2n) is 6.59. The lowest BCUT2D eigenvalue weighted by molar-refractivity contribution is 0.102. The van der Waals surface area contributed by atoms with E-state index in [4.69, 9.17) is 0 Å². The minimum absolute atomic E-state index is 0.0734. The maximum absolute atomic E-state index is 12.5. The molecule has 1 heterocycles. The highest BCUT2D eigenvalue weighted by molar-refractivity contribution is 6.05. The van der Waals surface area contributed by atoms with Crippen LogP contribution >= 0.6 is 0 Å². The molecule has 0 aliphatic carbocycles. The van der Waals surface area contributed by atoms with E-state index in [0.717, 1.165) is 30.0 Å². The first-order chi connectivity index (χ1) is 11.5. The molecule has 0 bridgehead atoms. The van der Waals surface area contributed by atoms with Crippen LogP contribution in [-0.2, 0) is 0 Å². The largest absolute Gasteiger partial charge is 0.378 e. The maximum Gasteiger partial charge on any atom is 0.255 e. The van der Waals surface area contributed by atoms with Crippen LogP contribution in [0.15, 0.2) is 42.5 Å². The molecule has 4 nitrogen and oxygen atoms in total. The molecule has 0 spiro atoms. The Bertz CT molecular complexity index is 733. The van der Waals surface area contributed by atoms with Gasteiger partial charge in [0.1, 0.15) is 0 Å². The van der Waals surface area contributed by atoms with Crippen LogP contribution in [0.5, 0.6) is 0 Å². The summed E-state index contributed by atoms with van der Waals surface area (Å²) in [5.41, 5.74) is 4.90. The lowest BCUT2D eigenvalue weighted by atomic mass is 10.1. The van der Waals surface area contributed by atoms with Gasteiger partial charge in [-0.25, -0.2) is 0 Å². The molecule has 4 heteroatoms. The number of carbonyl (C=O) groups excluding carboxylic acids is 1. The van der Waals surface area contributed by atoms with Gasteiger partial charge in [-0.15, -0.1) is 0 Å². The fourth-order valence-electron chi connectivity index (χ4n) is 3.08. The van der Waals surface area contributed by atoms with Crippen LogP contribution in [0.4, 0.5) is 17.1 Å². The number of hydrogen-bond donors (Lipinski definition) is 1. The first-order valence-corrected chi connectivity index (χ1v) is 8.49. The molecule has 1 amide bonds. The minimum atomic E-state index is -0.0734. The van der Waals surface area contributed by atoms with Crippen molar-refractivity contribution in [2.24, 2.45) is 0 Å². The Morgan fingerprint density at radius 2 is 1.83 bits per heavy atom. The van der Waals surface area contributed by atoms with Crippen LogP contribution in [0, 0.1) is 6.92 Å². The van der Waals surface area contributed by atoms with Gasteiger partial charge in [0.15, 0.2) is 0 Å². The zero-order chi connectivity index (χ0) is 17.1. The third-order valence-corrected chi connectivity index (χ3v) is 4.55. The average molecular weight is 323 g/mol. The van der Waals surface area contributed by atoms with Crippen LogP contribution in [0.3, 0.4) is 0 Å². The Kier molecular flexibility index (Phi) is 4.74. The maximum atomic E-state index is 12.5. The van der Waals surface area contributed by atoms with Crippen LogP contribution in [0.25, 0.3) is 0 Å². The van der Waals surface area contributed by atoms with Gasteiger partial charge in [0.2, 0.25) is 0 Å². The van der Waals surface area contributed by atoms with E-state index in [9.17, 15) is 4.79 Å². The van der Waals surface area contributed by atoms with E-state index in [0.29, 0.717) is 5.56 Å². The molecule has 0 atom stereocenters. The number of nitrogens with zero attached hydrogens (tertiary/aromatic N) is 2. The second kappa shape index (κ2) is 6.95. The fourth-order valence-corrected chi connectivity index (χ4v) is 3.08. The van der Waals surface area contributed by atoms with Gasteiger partial charge < -0.3 is 15.1 Å². The van der Waals surface area contributed by atoms with Crippen molar-refractivity contribution in [2.45, 2.75) is 19.8 Å². The fraction of sp³-hybridized carbons (Fsp3) is 0.350. The monoisotopic (exact) mass is 323 g/mol. The summed E-state index contributed by atoms with van der Waals surface area (Å²) in [6.45, 7) is 4.30. The van der Waals surface area contributed by atoms with E-state index in [2.05, 4.69) is 22.3 Å². The number of anilines is 3. The Balaban J connectivity index is 1.75. The third-order valence-electron chi connectivity index (χ3n) is 4.55. The van der Waals surface area contributed by atoms with Gasteiger partial charge >= 0.3 is 0 Å². The minimum Gasteiger partial charge on any atom is -0.378 e. The van der Waals surface area contributed by atoms with Crippen LogP contribution in [0.2, 0.25) is 0 Å². The molecule has 0 aromatic heterocycles. The van der Waals surface area contributed by atoms with Gasteiger partial charge in [-0.05, 0) is 61.7 Å². The number of carbonyl (C=O) groups is 1. The highest BCUT2D eigenvalue weighted by atomic mass is 16.1. The molecule has 3 rings (SSSR count). The number of benzene rings is 2. The van der Waals surface area contributed by atoms with Crippen LogP contribution in [-0.4, -0.2) is 33.1 Å². The zero-order valence-electron chi connectivity index (χ0n) is 14.7. The predicted octanol–water partition coefficient (Wildman–Crippen LogP) is 3.91. The molecule has 1 fully saturated rings. The molecule has 126 valence electrons. The predicted molar refractivity (Wildman–Crippen MR) is 101 cm³/mol. The van der Waals surface area contributed by atoms with E-state index in [1.165, 1.54) is 18.5 Å². The van der Waals surface area contributed by atoms with E-state index < -0.39 is 0 Å². The standard InChI is InChI=1S/C20H25N3O/c1-15-13-18(23-11-4-5-12-23)9-10-19(15)21-20(24)16-7-6-8-17(14-16)22(2)3/h6-10,13-14H,4-5,11-12H2,1-3H3,(H,21,24). The molecular formula is C20H25N3O. The van der Waals surface area contributed by atoms with Crippen LogP contribution in [0.1, 0.15) is 28.8 Å². The average Bonchev–Trinajstić information content (AvgIpc) is 3.11. The number of hydrogen-bond acceptors (Lipinski definition) is 3. The first-order valence-electron chi connectivity index (χ1n) is 8.49. The summed E-state index contributed by atoms with van der Waals surface area (Å²) in [6, 6.07) is 13.9. The molecule has 1 N–H and O–H groups in total. The van der Waals surface area contributed by atoms with Crippen molar-refractivity contribution in [3.05, 3.63) is 53.6 Å². The Labute approximate surface area is 144 Å². The van der Waals surface area contributed by atoms with Gasteiger partial charge in [0.05, 0.1) is 0 Å². The van der Waals surface area contributed by atoms with Crippen molar-refractivity contribution in [3.63, 3.8) is 0 Å². The number of amides is 1. The van der Waals surface area contributed by atoms with E-state index in [1.807, 2.05) is 56.3 Å². The summed E-state index contributed by atoms with van der Waals surface area (Å²) in [7, 11) is 3.94. The van der Waals surface area contributed by atoms with E-state index in [1.54, 1.807) is 0 Å². The Morgan fingerprint density at radius 1 is 1.08 bits per heavy atom. The molecule has 0 unspecified atom stereocenters. The van der Waals surface area contributed by atoms with E-state index >= 15 is 0 Å². The van der Waals surface area contributed by atoms with Crippen molar-refractivity contribution in [3.8, 4) is 0 Å². The van der Waals surface area contributed by atoms with Gasteiger partial charge in [-0.3, -0.25) is 4.79 Å². The molecule has 0 saturated carbocycles. The highest BCUT2D eigenvalue weighted by Gasteiger charge is 2.14. The quantitative estimate of drug-likeness (QED) is 0.926. The second-order valence-corrected chi connectivity index (χ2v) is 6.59. The van der Waals surface area contributed by atoms with Gasteiger partial charge in [-0.2, -0.15) is 0 Å². The third kappa shape index (κ3) is 3.53. The molecule has 1 aliphatic heterocycles. The molecule has 0 radical (unpaired) electrons. The molecule has 1 aliphatic rings. The van der Waals surface area contributed by atoms with Crippen molar-refractivity contribution in [1.82, 2.24) is 0 Å². The van der Waals surface area contributed by atoms with Crippen molar-refractivity contribution in [2.75, 3.05) is 42.3 Å². The van der Waals surface area contributed by atoms with Crippen molar-refractivity contribution in [1.29, 1.82) is 0 Å². The summed E-state index contributed by atoms with van der Waals surface area (Å²) in [4.78, 5) is 16.9. The summed E-state index contributed by atoms with van der Waals surface area (Å²) in [5, 5.41) is 3.03. The smallest absolute Gasteiger partial charge is 0.255 e. The first kappa shape index (κ1) is 16.4. The topological polar surface area (TPSA) is 35.6 Å². The summed E-state index contributed by atoms with van der Waals surface area (Å²) in [6.07, 6.45) is 2.53. The number of rotatable bonds is 4. The Hall–Kier alpha value is -2.49. The van der Waals surface area contributed by atoms with E-state index in [-0.39, 0.29) is 5.91 Å². The molecule has 1 saturated heterocycles. The van der Waals surface area contributed by atoms with Gasteiger partial charge in [0.25, 0.3) is 5.91 Å². The normalized spacial score (nSPS) is 13.9. The Morgan fingerprint density at radius 3 is 2.50 bits per heavy atom. The lowest BCUT2D eigenvalue weighted by Crippen LogP contribution is -2.18. The lowest BCUT2D eigenvalue weighted by Gasteiger charge is -2.19. The molecule has 24 heavy (non-hydrogen) atoms. The summed E-state index contributed by atoms with van der Waals surface area (Å²) < 4.78 is 0. The number of aryl methyl sites for hydroxylation is 1. The van der Waals surface area contributed by atoms with Crippen molar-refractivity contribution < 1.29 is 4.79 Å².